The van der Waals surface area contributed by atoms with Crippen LogP contribution in [0.4, 0.5) is 0 Å². The molecule has 0 saturated carbocycles. The summed E-state index contributed by atoms with van der Waals surface area (Å²) in [5.41, 5.74) is 3.94. The number of hydrogen-bond acceptors (Lipinski definition) is 4. The molecule has 5 heteroatoms. The first-order chi connectivity index (χ1) is 9.83. The van der Waals surface area contributed by atoms with E-state index in [1.807, 2.05) is 28.4 Å². The number of nitrogens with one attached hydrogen (secondary N) is 1. The van der Waals surface area contributed by atoms with Crippen molar-refractivity contribution >= 4 is 28.6 Å². The van der Waals surface area contributed by atoms with Gasteiger partial charge in [0.15, 0.2) is 0 Å². The van der Waals surface area contributed by atoms with E-state index >= 15 is 0 Å². The number of carbonyl (C=O) groups excluding carboxylic acids is 1. The van der Waals surface area contributed by atoms with Crippen molar-refractivity contribution in [3.63, 3.8) is 0 Å². The predicted molar refractivity (Wildman–Crippen MR) is 83.0 cm³/mol. The number of pyridine rings is 1. The third-order valence-electron chi connectivity index (χ3n) is 2.89. The molecule has 1 amide bonds. The molecule has 3 aromatic rings. The van der Waals surface area contributed by atoms with Crippen LogP contribution in [0.15, 0.2) is 52.1 Å². The summed E-state index contributed by atoms with van der Waals surface area (Å²) in [6.07, 6.45) is 3.62. The minimum absolute atomic E-state index is 0.0489. The van der Waals surface area contributed by atoms with E-state index < -0.39 is 0 Å². The molecule has 0 unspecified atom stereocenters. The third-order valence-corrected chi connectivity index (χ3v) is 4.25. The summed E-state index contributed by atoms with van der Waals surface area (Å²) in [4.78, 5) is 16.1. The van der Waals surface area contributed by atoms with E-state index in [2.05, 4.69) is 27.8 Å². The average Bonchev–Trinajstić information content (AvgIpc) is 3.17. The van der Waals surface area contributed by atoms with Gasteiger partial charge in [-0.25, -0.2) is 0 Å². The molecule has 3 heterocycles. The lowest BCUT2D eigenvalue weighted by Gasteiger charge is -2.05. The molecule has 3 aromatic heterocycles. The second-order valence-corrected chi connectivity index (χ2v) is 5.85. The van der Waals surface area contributed by atoms with Gasteiger partial charge in [0.05, 0.1) is 0 Å². The van der Waals surface area contributed by atoms with Gasteiger partial charge in [0, 0.05) is 35.4 Å². The Morgan fingerprint density at radius 1 is 1.10 bits per heavy atom. The van der Waals surface area contributed by atoms with Gasteiger partial charge in [-0.05, 0) is 45.5 Å². The Morgan fingerprint density at radius 3 is 2.70 bits per heavy atom. The van der Waals surface area contributed by atoms with Crippen LogP contribution in [0.25, 0.3) is 11.1 Å². The zero-order valence-electron chi connectivity index (χ0n) is 10.6. The van der Waals surface area contributed by atoms with Gasteiger partial charge in [-0.3, -0.25) is 9.78 Å². The fraction of sp³-hybridized carbons (Fsp3) is 0.0667. The molecule has 0 aromatic carbocycles. The summed E-state index contributed by atoms with van der Waals surface area (Å²) in [6, 6.07) is 5.94. The van der Waals surface area contributed by atoms with Crippen LogP contribution in [-0.2, 0) is 6.54 Å². The molecule has 0 aliphatic carbocycles. The standard InChI is InChI=1S/C15H12N2OS2/c18-15(13-2-4-20-10-13)17-7-11-5-14(8-16-6-11)12-1-3-19-9-12/h1-6,8-10H,7H2,(H,17,18). The van der Waals surface area contributed by atoms with Gasteiger partial charge in [0.25, 0.3) is 5.91 Å². The predicted octanol–water partition coefficient (Wildman–Crippen LogP) is 3.80. The number of carbonyl (C=O) groups is 1. The zero-order valence-corrected chi connectivity index (χ0v) is 12.2. The molecule has 100 valence electrons. The number of thiophene rings is 2. The fourth-order valence-electron chi connectivity index (χ4n) is 1.85. The summed E-state index contributed by atoms with van der Waals surface area (Å²) >= 11 is 3.18. The van der Waals surface area contributed by atoms with Crippen LogP contribution >= 0.6 is 22.7 Å². The van der Waals surface area contributed by atoms with Crippen molar-refractivity contribution in [2.24, 2.45) is 0 Å². The van der Waals surface area contributed by atoms with Crippen molar-refractivity contribution in [3.05, 3.63) is 63.2 Å². The van der Waals surface area contributed by atoms with Gasteiger partial charge < -0.3 is 5.32 Å². The van der Waals surface area contributed by atoms with Gasteiger partial charge in [0.2, 0.25) is 0 Å². The lowest BCUT2D eigenvalue weighted by molar-refractivity contribution is 0.0951. The van der Waals surface area contributed by atoms with Crippen LogP contribution in [0.1, 0.15) is 15.9 Å². The molecule has 0 bridgehead atoms. The van der Waals surface area contributed by atoms with Crippen LogP contribution in [0, 0.1) is 0 Å². The van der Waals surface area contributed by atoms with E-state index in [0.29, 0.717) is 12.1 Å². The lowest BCUT2D eigenvalue weighted by Crippen LogP contribution is -2.22. The van der Waals surface area contributed by atoms with Crippen molar-refractivity contribution in [1.82, 2.24) is 10.3 Å². The highest BCUT2D eigenvalue weighted by Crippen LogP contribution is 2.21. The smallest absolute Gasteiger partial charge is 0.252 e. The zero-order chi connectivity index (χ0) is 13.8. The highest BCUT2D eigenvalue weighted by molar-refractivity contribution is 7.08. The first-order valence-electron chi connectivity index (χ1n) is 6.10. The second-order valence-electron chi connectivity index (χ2n) is 4.29. The largest absolute Gasteiger partial charge is 0.348 e. The first kappa shape index (κ1) is 13.0. The van der Waals surface area contributed by atoms with Crippen molar-refractivity contribution in [1.29, 1.82) is 0 Å². The van der Waals surface area contributed by atoms with E-state index in [1.54, 1.807) is 17.5 Å². The summed E-state index contributed by atoms with van der Waals surface area (Å²) in [5, 5.41) is 10.8. The van der Waals surface area contributed by atoms with E-state index in [4.69, 9.17) is 0 Å². The SMILES string of the molecule is O=C(NCc1cncc(-c2ccsc2)c1)c1ccsc1. The molecule has 1 N–H and O–H groups in total. The van der Waals surface area contributed by atoms with Gasteiger partial charge in [-0.2, -0.15) is 22.7 Å². The maximum atomic E-state index is 11.9. The van der Waals surface area contributed by atoms with Crippen LogP contribution < -0.4 is 5.32 Å². The quantitative estimate of drug-likeness (QED) is 0.796. The fourth-order valence-corrected chi connectivity index (χ4v) is 3.15. The van der Waals surface area contributed by atoms with E-state index in [0.717, 1.165) is 16.7 Å². The number of hydrogen-bond donors (Lipinski definition) is 1. The van der Waals surface area contributed by atoms with Gasteiger partial charge in [0.1, 0.15) is 0 Å². The summed E-state index contributed by atoms with van der Waals surface area (Å²) in [5.74, 6) is -0.0489. The second kappa shape index (κ2) is 5.98. The number of amides is 1. The summed E-state index contributed by atoms with van der Waals surface area (Å²) < 4.78 is 0. The molecule has 0 aliphatic rings. The number of rotatable bonds is 4. The highest BCUT2D eigenvalue weighted by Gasteiger charge is 2.06. The Balaban J connectivity index is 1.69. The Bertz CT molecular complexity index is 691. The minimum Gasteiger partial charge on any atom is -0.348 e. The summed E-state index contributed by atoms with van der Waals surface area (Å²) in [7, 11) is 0. The molecule has 0 saturated heterocycles. The van der Waals surface area contributed by atoms with Crippen molar-refractivity contribution in [2.45, 2.75) is 6.54 Å². The monoisotopic (exact) mass is 300 g/mol. The van der Waals surface area contributed by atoms with Gasteiger partial charge in [-0.1, -0.05) is 0 Å². The Morgan fingerprint density at radius 2 is 1.95 bits per heavy atom. The van der Waals surface area contributed by atoms with E-state index in [1.165, 1.54) is 11.3 Å². The molecular formula is C15H12N2OS2. The van der Waals surface area contributed by atoms with Crippen LogP contribution in [-0.4, -0.2) is 10.9 Å². The van der Waals surface area contributed by atoms with Gasteiger partial charge in [-0.15, -0.1) is 0 Å². The normalized spacial score (nSPS) is 10.4. The summed E-state index contributed by atoms with van der Waals surface area (Å²) in [6.45, 7) is 0.486. The molecule has 0 spiro atoms. The lowest BCUT2D eigenvalue weighted by atomic mass is 10.1. The topological polar surface area (TPSA) is 42.0 Å². The van der Waals surface area contributed by atoms with E-state index in [-0.39, 0.29) is 5.91 Å². The van der Waals surface area contributed by atoms with E-state index in [9.17, 15) is 4.79 Å². The van der Waals surface area contributed by atoms with Crippen LogP contribution in [0.3, 0.4) is 0 Å². The number of nitrogens with zero attached hydrogens (tertiary/aromatic N) is 1. The molecule has 0 radical (unpaired) electrons. The first-order valence-corrected chi connectivity index (χ1v) is 7.98. The molecule has 0 fully saturated rings. The molecule has 0 aliphatic heterocycles. The van der Waals surface area contributed by atoms with Crippen LogP contribution in [0.5, 0.6) is 0 Å². The Kier molecular flexibility index (Phi) is 3.90. The average molecular weight is 300 g/mol. The molecule has 3 nitrogen and oxygen atoms in total. The molecule has 3 rings (SSSR count). The van der Waals surface area contributed by atoms with Gasteiger partial charge >= 0.3 is 0 Å². The third kappa shape index (κ3) is 2.95. The number of aromatic nitrogens is 1. The Hall–Kier alpha value is -1.98. The minimum atomic E-state index is -0.0489. The maximum absolute atomic E-state index is 11.9. The molecular weight excluding hydrogens is 288 g/mol. The van der Waals surface area contributed by atoms with Crippen molar-refractivity contribution < 1.29 is 4.79 Å². The molecule has 0 atom stereocenters. The molecule has 20 heavy (non-hydrogen) atoms. The van der Waals surface area contributed by atoms with Crippen molar-refractivity contribution in [3.8, 4) is 11.1 Å². The maximum Gasteiger partial charge on any atom is 0.252 e. The Labute approximate surface area is 124 Å². The van der Waals surface area contributed by atoms with Crippen LogP contribution in [0.2, 0.25) is 0 Å². The van der Waals surface area contributed by atoms with Crippen molar-refractivity contribution in [2.75, 3.05) is 0 Å². The highest BCUT2D eigenvalue weighted by atomic mass is 32.1.